The minimum atomic E-state index is -0.905. The summed E-state index contributed by atoms with van der Waals surface area (Å²) >= 11 is 0. The lowest BCUT2D eigenvalue weighted by Crippen LogP contribution is -2.53. The maximum Gasteiger partial charge on any atom is 0.326 e. The molecule has 1 fully saturated rings. The maximum atomic E-state index is 12.1. The first-order chi connectivity index (χ1) is 8.70. The third kappa shape index (κ3) is 5.09. The highest BCUT2D eigenvalue weighted by atomic mass is 16.4. The van der Waals surface area contributed by atoms with Crippen molar-refractivity contribution in [1.82, 2.24) is 10.2 Å². The number of aliphatic carboxylic acids is 1. The summed E-state index contributed by atoms with van der Waals surface area (Å²) in [5, 5.41) is 12.0. The Kier molecular flexibility index (Phi) is 5.20. The highest BCUT2D eigenvalue weighted by Crippen LogP contribution is 2.23. The summed E-state index contributed by atoms with van der Waals surface area (Å²) in [7, 11) is 0. The number of carboxylic acid groups (broad SMARTS) is 1. The molecule has 0 aromatic heterocycles. The molecule has 0 aromatic carbocycles. The third-order valence-corrected chi connectivity index (χ3v) is 3.56. The van der Waals surface area contributed by atoms with Crippen LogP contribution in [0.4, 0.5) is 4.79 Å². The number of carbonyl (C=O) groups is 2. The van der Waals surface area contributed by atoms with Crippen LogP contribution in [0.15, 0.2) is 0 Å². The van der Waals surface area contributed by atoms with Crippen molar-refractivity contribution in [2.75, 3.05) is 13.1 Å². The summed E-state index contributed by atoms with van der Waals surface area (Å²) in [5.74, 6) is -0.544. The largest absolute Gasteiger partial charge is 0.480 e. The van der Waals surface area contributed by atoms with E-state index in [-0.39, 0.29) is 11.4 Å². The van der Waals surface area contributed by atoms with Crippen LogP contribution in [-0.4, -0.2) is 41.1 Å². The summed E-state index contributed by atoms with van der Waals surface area (Å²) in [4.78, 5) is 24.7. The van der Waals surface area contributed by atoms with Gasteiger partial charge in [-0.2, -0.15) is 0 Å². The van der Waals surface area contributed by atoms with Crippen LogP contribution in [0, 0.1) is 11.3 Å². The number of piperidine rings is 1. The highest BCUT2D eigenvalue weighted by molar-refractivity contribution is 5.82. The Morgan fingerprint density at radius 1 is 1.37 bits per heavy atom. The van der Waals surface area contributed by atoms with Gasteiger partial charge in [-0.05, 0) is 30.6 Å². The predicted octanol–water partition coefficient (Wildman–Crippen LogP) is 2.32. The number of rotatable bonds is 3. The Balaban J connectivity index is 2.52. The van der Waals surface area contributed by atoms with E-state index in [9.17, 15) is 14.7 Å². The van der Waals surface area contributed by atoms with Gasteiger partial charge in [0.25, 0.3) is 0 Å². The van der Waals surface area contributed by atoms with Crippen molar-refractivity contribution in [2.45, 2.75) is 53.0 Å². The number of amides is 2. The number of carboxylic acids is 1. The van der Waals surface area contributed by atoms with Crippen LogP contribution in [0.5, 0.6) is 0 Å². The summed E-state index contributed by atoms with van der Waals surface area (Å²) < 4.78 is 0. The number of hydrogen-bond donors (Lipinski definition) is 2. The minimum absolute atomic E-state index is 0.163. The van der Waals surface area contributed by atoms with Gasteiger partial charge < -0.3 is 15.3 Å². The predicted molar refractivity (Wildman–Crippen MR) is 74.0 cm³/mol. The standard InChI is InChI=1S/C14H26N2O3/c1-10-5-8-16(11(9-10)12(17)18)13(19)15-7-6-14(2,3)4/h10-11H,5-9H2,1-4H3,(H,15,19)(H,17,18). The van der Waals surface area contributed by atoms with Crippen LogP contribution < -0.4 is 5.32 Å². The normalized spacial score (nSPS) is 24.1. The van der Waals surface area contributed by atoms with Crippen LogP contribution in [0.2, 0.25) is 0 Å². The topological polar surface area (TPSA) is 69.6 Å². The Labute approximate surface area is 115 Å². The molecule has 2 amide bonds. The maximum absolute atomic E-state index is 12.1. The van der Waals surface area contributed by atoms with Crippen molar-refractivity contribution in [3.63, 3.8) is 0 Å². The molecule has 1 rings (SSSR count). The first kappa shape index (κ1) is 15.8. The Morgan fingerprint density at radius 2 is 2.00 bits per heavy atom. The Hall–Kier alpha value is -1.26. The quantitative estimate of drug-likeness (QED) is 0.827. The molecule has 110 valence electrons. The first-order valence-electron chi connectivity index (χ1n) is 6.98. The van der Waals surface area contributed by atoms with E-state index >= 15 is 0 Å². The van der Waals surface area contributed by atoms with E-state index in [0.717, 1.165) is 12.8 Å². The number of hydrogen-bond acceptors (Lipinski definition) is 2. The van der Waals surface area contributed by atoms with E-state index in [1.165, 1.54) is 4.90 Å². The highest BCUT2D eigenvalue weighted by Gasteiger charge is 2.34. The zero-order valence-corrected chi connectivity index (χ0v) is 12.4. The van der Waals surface area contributed by atoms with Gasteiger partial charge in [0.15, 0.2) is 0 Å². The number of nitrogens with zero attached hydrogens (tertiary/aromatic N) is 1. The van der Waals surface area contributed by atoms with Crippen LogP contribution >= 0.6 is 0 Å². The van der Waals surface area contributed by atoms with Crippen LogP contribution in [0.3, 0.4) is 0 Å². The zero-order chi connectivity index (χ0) is 14.6. The molecular weight excluding hydrogens is 244 g/mol. The molecule has 1 aliphatic heterocycles. The molecule has 0 saturated carbocycles. The second kappa shape index (κ2) is 6.26. The molecule has 0 bridgehead atoms. The fourth-order valence-electron chi connectivity index (χ4n) is 2.26. The molecule has 5 heteroatoms. The molecule has 0 aromatic rings. The van der Waals surface area contributed by atoms with Gasteiger partial charge >= 0.3 is 12.0 Å². The van der Waals surface area contributed by atoms with Crippen molar-refractivity contribution in [1.29, 1.82) is 0 Å². The number of urea groups is 1. The number of likely N-dealkylation sites (tertiary alicyclic amines) is 1. The third-order valence-electron chi connectivity index (χ3n) is 3.56. The fourth-order valence-corrected chi connectivity index (χ4v) is 2.26. The lowest BCUT2D eigenvalue weighted by atomic mass is 9.92. The Bertz CT molecular complexity index is 336. The van der Waals surface area contributed by atoms with Gasteiger partial charge in [0.2, 0.25) is 0 Å². The van der Waals surface area contributed by atoms with Crippen LogP contribution in [-0.2, 0) is 4.79 Å². The lowest BCUT2D eigenvalue weighted by Gasteiger charge is -2.36. The van der Waals surface area contributed by atoms with E-state index < -0.39 is 12.0 Å². The van der Waals surface area contributed by atoms with E-state index in [1.807, 2.05) is 6.92 Å². The van der Waals surface area contributed by atoms with Gasteiger partial charge in [-0.15, -0.1) is 0 Å². The molecular formula is C14H26N2O3. The average Bonchev–Trinajstić information content (AvgIpc) is 2.26. The van der Waals surface area contributed by atoms with Gasteiger partial charge in [0.1, 0.15) is 6.04 Å². The van der Waals surface area contributed by atoms with Crippen molar-refractivity contribution in [3.8, 4) is 0 Å². The van der Waals surface area contributed by atoms with Crippen molar-refractivity contribution >= 4 is 12.0 Å². The molecule has 2 N–H and O–H groups in total. The second-order valence-electron chi connectivity index (χ2n) is 6.72. The van der Waals surface area contributed by atoms with E-state index in [1.54, 1.807) is 0 Å². The fraction of sp³-hybridized carbons (Fsp3) is 0.857. The zero-order valence-electron chi connectivity index (χ0n) is 12.4. The van der Waals surface area contributed by atoms with E-state index in [2.05, 4.69) is 26.1 Å². The van der Waals surface area contributed by atoms with Gasteiger partial charge in [-0.25, -0.2) is 9.59 Å². The molecule has 0 radical (unpaired) electrons. The molecule has 0 aliphatic carbocycles. The first-order valence-corrected chi connectivity index (χ1v) is 6.98. The van der Waals surface area contributed by atoms with Crippen LogP contribution in [0.25, 0.3) is 0 Å². The molecule has 19 heavy (non-hydrogen) atoms. The van der Waals surface area contributed by atoms with E-state index in [0.29, 0.717) is 25.4 Å². The number of carbonyl (C=O) groups excluding carboxylic acids is 1. The van der Waals surface area contributed by atoms with Gasteiger partial charge in [-0.1, -0.05) is 27.7 Å². The van der Waals surface area contributed by atoms with Gasteiger partial charge in [0, 0.05) is 13.1 Å². The van der Waals surface area contributed by atoms with Crippen molar-refractivity contribution < 1.29 is 14.7 Å². The summed E-state index contributed by atoms with van der Waals surface area (Å²) in [5.41, 5.74) is 0.163. The average molecular weight is 270 g/mol. The van der Waals surface area contributed by atoms with Gasteiger partial charge in [0.05, 0.1) is 0 Å². The monoisotopic (exact) mass is 270 g/mol. The molecule has 2 atom stereocenters. The number of nitrogens with one attached hydrogen (secondary N) is 1. The van der Waals surface area contributed by atoms with Crippen LogP contribution in [0.1, 0.15) is 47.0 Å². The summed E-state index contributed by atoms with van der Waals surface area (Å²) in [6.07, 6.45) is 2.29. The van der Waals surface area contributed by atoms with E-state index in [4.69, 9.17) is 0 Å². The molecule has 1 aliphatic rings. The van der Waals surface area contributed by atoms with Gasteiger partial charge in [-0.3, -0.25) is 0 Å². The molecule has 2 unspecified atom stereocenters. The SMILES string of the molecule is CC1CCN(C(=O)NCCC(C)(C)C)C(C(=O)O)C1. The molecule has 5 nitrogen and oxygen atoms in total. The summed E-state index contributed by atoms with van der Waals surface area (Å²) in [6, 6.07) is -0.929. The minimum Gasteiger partial charge on any atom is -0.480 e. The summed E-state index contributed by atoms with van der Waals surface area (Å²) in [6.45, 7) is 9.48. The van der Waals surface area contributed by atoms with Crippen molar-refractivity contribution in [3.05, 3.63) is 0 Å². The van der Waals surface area contributed by atoms with Crippen molar-refractivity contribution in [2.24, 2.45) is 11.3 Å². The molecule has 1 heterocycles. The second-order valence-corrected chi connectivity index (χ2v) is 6.72. The Morgan fingerprint density at radius 3 is 2.53 bits per heavy atom. The smallest absolute Gasteiger partial charge is 0.326 e. The molecule has 0 spiro atoms. The lowest BCUT2D eigenvalue weighted by molar-refractivity contribution is -0.143. The molecule has 1 saturated heterocycles.